The molecule has 2 heterocycles. The van der Waals surface area contributed by atoms with E-state index in [2.05, 4.69) is 17.1 Å². The van der Waals surface area contributed by atoms with Crippen LogP contribution in [-0.2, 0) is 9.53 Å². The molecule has 2 saturated heterocycles. The van der Waals surface area contributed by atoms with Gasteiger partial charge in [0.15, 0.2) is 0 Å². The van der Waals surface area contributed by atoms with Crippen molar-refractivity contribution in [3.05, 3.63) is 0 Å². The number of amides is 2. The number of nitrogens with one attached hydrogen (secondary N) is 1. The molecule has 0 saturated carbocycles. The first-order chi connectivity index (χ1) is 11.1. The minimum atomic E-state index is -0.380. The predicted molar refractivity (Wildman–Crippen MR) is 89.2 cm³/mol. The lowest BCUT2D eigenvalue weighted by atomic mass is 9.93. The van der Waals surface area contributed by atoms with Crippen LogP contribution in [0.5, 0.6) is 0 Å². The van der Waals surface area contributed by atoms with Gasteiger partial charge in [0.05, 0.1) is 6.61 Å². The molecule has 6 nitrogen and oxygen atoms in total. The molecule has 23 heavy (non-hydrogen) atoms. The molecule has 2 fully saturated rings. The summed E-state index contributed by atoms with van der Waals surface area (Å²) in [6.07, 6.45) is 4.74. The number of hydrogen-bond donors (Lipinski definition) is 1. The summed E-state index contributed by atoms with van der Waals surface area (Å²) in [5, 5.41) is 2.64. The molecule has 2 aliphatic heterocycles. The van der Waals surface area contributed by atoms with Gasteiger partial charge in [-0.3, -0.25) is 4.79 Å². The Morgan fingerprint density at radius 3 is 2.35 bits per heavy atom. The van der Waals surface area contributed by atoms with Gasteiger partial charge in [-0.25, -0.2) is 4.79 Å². The summed E-state index contributed by atoms with van der Waals surface area (Å²) in [5.74, 6) is 1.18. The molecule has 2 rings (SSSR count). The molecule has 2 aliphatic rings. The molecule has 0 spiro atoms. The lowest BCUT2D eigenvalue weighted by Crippen LogP contribution is -2.47. The molecular formula is C17H31N3O3. The van der Waals surface area contributed by atoms with E-state index >= 15 is 0 Å². The van der Waals surface area contributed by atoms with Crippen molar-refractivity contribution in [1.82, 2.24) is 15.1 Å². The summed E-state index contributed by atoms with van der Waals surface area (Å²) in [7, 11) is 0. The summed E-state index contributed by atoms with van der Waals surface area (Å²) in [6.45, 7) is 9.58. The molecule has 0 aliphatic carbocycles. The van der Waals surface area contributed by atoms with E-state index in [1.54, 1.807) is 6.92 Å². The van der Waals surface area contributed by atoms with Crippen LogP contribution in [0.25, 0.3) is 0 Å². The van der Waals surface area contributed by atoms with Crippen LogP contribution in [0.3, 0.4) is 0 Å². The van der Waals surface area contributed by atoms with Crippen LogP contribution in [0.1, 0.15) is 39.5 Å². The number of ether oxygens (including phenoxy) is 1. The standard InChI is InChI=1S/C17H31N3O3/c1-3-23-16(21)12-18-17(22)20-10-6-15(7-11-20)13-19-8-4-14(2)5-9-19/h14-15H,3-13H2,1-2H3,(H,18,22). The van der Waals surface area contributed by atoms with Gasteiger partial charge in [0.1, 0.15) is 6.54 Å². The average molecular weight is 325 g/mol. The topological polar surface area (TPSA) is 61.9 Å². The molecule has 0 aromatic carbocycles. The molecule has 0 aromatic heterocycles. The van der Waals surface area contributed by atoms with Crippen molar-refractivity contribution in [2.75, 3.05) is 45.9 Å². The first-order valence-corrected chi connectivity index (χ1v) is 8.99. The van der Waals surface area contributed by atoms with Gasteiger partial charge in [-0.1, -0.05) is 6.92 Å². The third-order valence-corrected chi connectivity index (χ3v) is 4.98. The van der Waals surface area contributed by atoms with Gasteiger partial charge in [-0.15, -0.1) is 0 Å². The number of esters is 1. The van der Waals surface area contributed by atoms with Crippen LogP contribution in [0.2, 0.25) is 0 Å². The van der Waals surface area contributed by atoms with Crippen LogP contribution in [0.15, 0.2) is 0 Å². The van der Waals surface area contributed by atoms with Crippen LogP contribution in [0.4, 0.5) is 4.79 Å². The van der Waals surface area contributed by atoms with E-state index in [0.29, 0.717) is 12.5 Å². The second-order valence-electron chi connectivity index (χ2n) is 6.88. The fourth-order valence-corrected chi connectivity index (χ4v) is 3.40. The lowest BCUT2D eigenvalue weighted by molar-refractivity contribution is -0.141. The number of rotatable bonds is 5. The van der Waals surface area contributed by atoms with Gasteiger partial charge in [0, 0.05) is 19.6 Å². The van der Waals surface area contributed by atoms with Gasteiger partial charge in [-0.2, -0.15) is 0 Å². The zero-order valence-electron chi connectivity index (χ0n) is 14.6. The summed E-state index contributed by atoms with van der Waals surface area (Å²) in [4.78, 5) is 27.7. The molecule has 0 radical (unpaired) electrons. The molecule has 0 bridgehead atoms. The smallest absolute Gasteiger partial charge is 0.325 e. The van der Waals surface area contributed by atoms with E-state index < -0.39 is 0 Å². The van der Waals surface area contributed by atoms with Gasteiger partial charge in [0.2, 0.25) is 0 Å². The van der Waals surface area contributed by atoms with Crippen molar-refractivity contribution in [3.8, 4) is 0 Å². The normalized spacial score (nSPS) is 21.2. The Labute approximate surface area is 139 Å². The van der Waals surface area contributed by atoms with Crippen LogP contribution in [-0.4, -0.2) is 67.7 Å². The second kappa shape index (κ2) is 9.11. The van der Waals surface area contributed by atoms with Crippen LogP contribution < -0.4 is 5.32 Å². The molecule has 6 heteroatoms. The molecule has 1 N–H and O–H groups in total. The third kappa shape index (κ3) is 6.01. The van der Waals surface area contributed by atoms with Crippen molar-refractivity contribution in [2.24, 2.45) is 11.8 Å². The van der Waals surface area contributed by atoms with Crippen LogP contribution >= 0.6 is 0 Å². The molecular weight excluding hydrogens is 294 g/mol. The fourth-order valence-electron chi connectivity index (χ4n) is 3.40. The highest BCUT2D eigenvalue weighted by molar-refractivity contribution is 5.80. The Balaban J connectivity index is 1.63. The van der Waals surface area contributed by atoms with Crippen molar-refractivity contribution >= 4 is 12.0 Å². The minimum absolute atomic E-state index is 0.0431. The van der Waals surface area contributed by atoms with E-state index in [1.807, 2.05) is 4.90 Å². The molecule has 0 unspecified atom stereocenters. The zero-order chi connectivity index (χ0) is 16.7. The number of likely N-dealkylation sites (tertiary alicyclic amines) is 2. The molecule has 2 amide bonds. The number of carbonyl (C=O) groups is 2. The van der Waals surface area contributed by atoms with Crippen molar-refractivity contribution in [3.63, 3.8) is 0 Å². The number of nitrogens with zero attached hydrogens (tertiary/aromatic N) is 2. The van der Waals surface area contributed by atoms with Gasteiger partial charge < -0.3 is 19.9 Å². The largest absolute Gasteiger partial charge is 0.465 e. The first-order valence-electron chi connectivity index (χ1n) is 8.99. The van der Waals surface area contributed by atoms with Crippen molar-refractivity contribution in [1.29, 1.82) is 0 Å². The Morgan fingerprint density at radius 1 is 1.09 bits per heavy atom. The number of carbonyl (C=O) groups excluding carboxylic acids is 2. The third-order valence-electron chi connectivity index (χ3n) is 4.98. The highest BCUT2D eigenvalue weighted by Gasteiger charge is 2.25. The highest BCUT2D eigenvalue weighted by atomic mass is 16.5. The SMILES string of the molecule is CCOC(=O)CNC(=O)N1CCC(CN2CCC(C)CC2)CC1. The Morgan fingerprint density at radius 2 is 1.74 bits per heavy atom. The minimum Gasteiger partial charge on any atom is -0.465 e. The van der Waals surface area contributed by atoms with Gasteiger partial charge in [0.25, 0.3) is 0 Å². The molecule has 0 aromatic rings. The maximum Gasteiger partial charge on any atom is 0.325 e. The van der Waals surface area contributed by atoms with Crippen molar-refractivity contribution < 1.29 is 14.3 Å². The first kappa shape index (κ1) is 18.0. The number of urea groups is 1. The van der Waals surface area contributed by atoms with E-state index in [1.165, 1.54) is 32.5 Å². The lowest BCUT2D eigenvalue weighted by Gasteiger charge is -2.37. The van der Waals surface area contributed by atoms with E-state index in [0.717, 1.165) is 31.8 Å². The number of piperidine rings is 2. The zero-order valence-corrected chi connectivity index (χ0v) is 14.6. The second-order valence-corrected chi connectivity index (χ2v) is 6.88. The summed E-state index contributed by atoms with van der Waals surface area (Å²) >= 11 is 0. The predicted octanol–water partition coefficient (Wildman–Crippen LogP) is 1.70. The van der Waals surface area contributed by atoms with Gasteiger partial charge >= 0.3 is 12.0 Å². The summed E-state index contributed by atoms with van der Waals surface area (Å²) < 4.78 is 4.81. The quantitative estimate of drug-likeness (QED) is 0.782. The summed E-state index contributed by atoms with van der Waals surface area (Å²) in [5.41, 5.74) is 0. The van der Waals surface area contributed by atoms with E-state index in [4.69, 9.17) is 4.74 Å². The Hall–Kier alpha value is -1.30. The Bertz CT molecular complexity index is 387. The molecule has 132 valence electrons. The van der Waals surface area contributed by atoms with E-state index in [9.17, 15) is 9.59 Å². The van der Waals surface area contributed by atoms with E-state index in [-0.39, 0.29) is 18.5 Å². The molecule has 0 atom stereocenters. The maximum atomic E-state index is 12.0. The highest BCUT2D eigenvalue weighted by Crippen LogP contribution is 2.22. The van der Waals surface area contributed by atoms with Gasteiger partial charge in [-0.05, 0) is 57.5 Å². The monoisotopic (exact) mass is 325 g/mol. The average Bonchev–Trinajstić information content (AvgIpc) is 2.56. The number of hydrogen-bond acceptors (Lipinski definition) is 4. The summed E-state index contributed by atoms with van der Waals surface area (Å²) in [6, 6.07) is -0.150. The van der Waals surface area contributed by atoms with Crippen molar-refractivity contribution in [2.45, 2.75) is 39.5 Å². The van der Waals surface area contributed by atoms with Crippen LogP contribution in [0, 0.1) is 11.8 Å². The fraction of sp³-hybridized carbons (Fsp3) is 0.882. The Kier molecular flexibility index (Phi) is 7.15. The maximum absolute atomic E-state index is 12.0.